The van der Waals surface area contributed by atoms with Gasteiger partial charge in [-0.05, 0) is 42.7 Å². The molecule has 1 aromatic heterocycles. The van der Waals surface area contributed by atoms with Crippen LogP contribution in [0.3, 0.4) is 0 Å². The highest BCUT2D eigenvalue weighted by Crippen LogP contribution is 2.35. The van der Waals surface area contributed by atoms with Crippen molar-refractivity contribution in [1.29, 1.82) is 0 Å². The first-order chi connectivity index (χ1) is 10.8. The summed E-state index contributed by atoms with van der Waals surface area (Å²) in [6.07, 6.45) is 0.606. The van der Waals surface area contributed by atoms with Gasteiger partial charge in [0.2, 0.25) is 0 Å². The lowest BCUT2D eigenvalue weighted by molar-refractivity contribution is 0.189. The average molecular weight is 315 g/mol. The maximum absolute atomic E-state index is 14.3. The van der Waals surface area contributed by atoms with Gasteiger partial charge in [-0.25, -0.2) is 4.39 Å². The van der Waals surface area contributed by atoms with Crippen LogP contribution in [0.2, 0.25) is 0 Å². The number of hydrogen-bond donors (Lipinski definition) is 1. The molecule has 114 valence electrons. The summed E-state index contributed by atoms with van der Waals surface area (Å²) >= 11 is 1.59. The maximum Gasteiger partial charge on any atom is 0.165 e. The van der Waals surface area contributed by atoms with Gasteiger partial charge in [-0.3, -0.25) is 0 Å². The van der Waals surface area contributed by atoms with Crippen molar-refractivity contribution in [2.24, 2.45) is 0 Å². The van der Waals surface area contributed by atoms with E-state index < -0.39 is 0 Å². The van der Waals surface area contributed by atoms with Gasteiger partial charge < -0.3 is 10.1 Å². The Hall–Kier alpha value is -1.91. The van der Waals surface area contributed by atoms with Crippen LogP contribution in [-0.2, 0) is 0 Å². The van der Waals surface area contributed by atoms with Crippen LogP contribution in [0.1, 0.15) is 18.1 Å². The molecule has 1 N–H and O–H groups in total. The molecule has 0 amide bonds. The zero-order valence-electron chi connectivity index (χ0n) is 12.4. The second-order valence-electron chi connectivity index (χ2n) is 5.12. The van der Waals surface area contributed by atoms with Crippen LogP contribution in [0.4, 0.5) is 4.39 Å². The van der Waals surface area contributed by atoms with Gasteiger partial charge in [0.25, 0.3) is 0 Å². The Morgan fingerprint density at radius 2 is 1.95 bits per heavy atom. The standard InChI is InChI=1S/C18H18FNOS/c1-20-11-9-16(13-5-3-2-4-6-13)21-18-14-10-12-22-17(14)8-7-15(18)19/h2-8,10,12,16,20H,9,11H2,1H3. The van der Waals surface area contributed by atoms with Crippen molar-refractivity contribution >= 4 is 21.4 Å². The Balaban J connectivity index is 1.95. The first-order valence-corrected chi connectivity index (χ1v) is 8.19. The summed E-state index contributed by atoms with van der Waals surface area (Å²) in [6.45, 7) is 0.806. The summed E-state index contributed by atoms with van der Waals surface area (Å²) in [5.74, 6) is 0.0417. The molecule has 4 heteroatoms. The normalized spacial score (nSPS) is 12.5. The SMILES string of the molecule is CNCCC(Oc1c(F)ccc2sccc12)c1ccccc1. The molecule has 0 spiro atoms. The number of ether oxygens (including phenoxy) is 1. The van der Waals surface area contributed by atoms with Crippen LogP contribution < -0.4 is 10.1 Å². The molecule has 0 saturated heterocycles. The quantitative estimate of drug-likeness (QED) is 0.707. The second kappa shape index (κ2) is 6.90. The molecule has 0 aliphatic heterocycles. The van der Waals surface area contributed by atoms with Gasteiger partial charge in [0.05, 0.1) is 0 Å². The van der Waals surface area contributed by atoms with E-state index in [1.165, 1.54) is 6.07 Å². The van der Waals surface area contributed by atoms with Crippen molar-refractivity contribution in [3.05, 3.63) is 65.3 Å². The van der Waals surface area contributed by atoms with Gasteiger partial charge >= 0.3 is 0 Å². The van der Waals surface area contributed by atoms with Crippen molar-refractivity contribution in [2.75, 3.05) is 13.6 Å². The van der Waals surface area contributed by atoms with Crippen LogP contribution in [0.5, 0.6) is 5.75 Å². The van der Waals surface area contributed by atoms with Crippen molar-refractivity contribution in [1.82, 2.24) is 5.32 Å². The summed E-state index contributed by atoms with van der Waals surface area (Å²) in [5.41, 5.74) is 1.06. The topological polar surface area (TPSA) is 21.3 Å². The predicted octanol–water partition coefficient (Wildman–Crippen LogP) is 4.77. The first kappa shape index (κ1) is 15.0. The molecule has 22 heavy (non-hydrogen) atoms. The lowest BCUT2D eigenvalue weighted by Gasteiger charge is -2.20. The van der Waals surface area contributed by atoms with Gasteiger partial charge in [0.1, 0.15) is 6.10 Å². The molecule has 0 radical (unpaired) electrons. The third-order valence-electron chi connectivity index (χ3n) is 3.63. The van der Waals surface area contributed by atoms with E-state index in [0.717, 1.165) is 28.6 Å². The van der Waals surface area contributed by atoms with E-state index >= 15 is 0 Å². The Morgan fingerprint density at radius 1 is 1.14 bits per heavy atom. The van der Waals surface area contributed by atoms with Gasteiger partial charge in [-0.2, -0.15) is 0 Å². The van der Waals surface area contributed by atoms with Crippen molar-refractivity contribution in [3.8, 4) is 5.75 Å². The molecule has 2 aromatic carbocycles. The molecule has 3 rings (SSSR count). The average Bonchev–Trinajstić information content (AvgIpc) is 3.03. The van der Waals surface area contributed by atoms with Crippen molar-refractivity contribution in [2.45, 2.75) is 12.5 Å². The number of hydrogen-bond acceptors (Lipinski definition) is 3. The van der Waals surface area contributed by atoms with E-state index in [9.17, 15) is 4.39 Å². The smallest absolute Gasteiger partial charge is 0.165 e. The van der Waals surface area contributed by atoms with Crippen LogP contribution in [-0.4, -0.2) is 13.6 Å². The number of halogens is 1. The largest absolute Gasteiger partial charge is 0.482 e. The molecule has 2 nitrogen and oxygen atoms in total. The summed E-state index contributed by atoms with van der Waals surface area (Å²) in [4.78, 5) is 0. The van der Waals surface area contributed by atoms with E-state index in [2.05, 4.69) is 5.32 Å². The molecular weight excluding hydrogens is 297 g/mol. The minimum atomic E-state index is -0.309. The fourth-order valence-electron chi connectivity index (χ4n) is 2.49. The Morgan fingerprint density at radius 3 is 2.73 bits per heavy atom. The molecule has 0 aliphatic carbocycles. The number of nitrogens with one attached hydrogen (secondary N) is 1. The van der Waals surface area contributed by atoms with Gasteiger partial charge in [-0.1, -0.05) is 30.3 Å². The fraction of sp³-hybridized carbons (Fsp3) is 0.222. The molecule has 1 heterocycles. The summed E-state index contributed by atoms with van der Waals surface area (Å²) < 4.78 is 21.4. The first-order valence-electron chi connectivity index (χ1n) is 7.31. The second-order valence-corrected chi connectivity index (χ2v) is 6.07. The molecule has 3 aromatic rings. The van der Waals surface area contributed by atoms with E-state index in [4.69, 9.17) is 4.74 Å². The number of thiophene rings is 1. The lowest BCUT2D eigenvalue weighted by atomic mass is 10.1. The third kappa shape index (κ3) is 3.13. The minimum absolute atomic E-state index is 0.173. The van der Waals surface area contributed by atoms with E-state index in [1.54, 1.807) is 17.4 Å². The molecule has 0 bridgehead atoms. The maximum atomic E-state index is 14.3. The molecule has 1 atom stereocenters. The van der Waals surface area contributed by atoms with Crippen LogP contribution in [0.25, 0.3) is 10.1 Å². The van der Waals surface area contributed by atoms with Crippen LogP contribution in [0, 0.1) is 5.82 Å². The number of benzene rings is 2. The van der Waals surface area contributed by atoms with Gasteiger partial charge in [-0.15, -0.1) is 11.3 Å². The summed E-state index contributed by atoms with van der Waals surface area (Å²) in [6, 6.07) is 15.2. The Labute approximate surface area is 133 Å². The van der Waals surface area contributed by atoms with Gasteiger partial charge in [0, 0.05) is 16.5 Å². The Kier molecular flexibility index (Phi) is 4.71. The summed E-state index contributed by atoms with van der Waals surface area (Å²) in [7, 11) is 1.90. The van der Waals surface area contributed by atoms with E-state index in [0.29, 0.717) is 5.75 Å². The predicted molar refractivity (Wildman–Crippen MR) is 90.1 cm³/mol. The fourth-order valence-corrected chi connectivity index (χ4v) is 3.27. The molecule has 0 saturated carbocycles. The van der Waals surface area contributed by atoms with E-state index in [-0.39, 0.29) is 11.9 Å². The van der Waals surface area contributed by atoms with Crippen LogP contribution >= 0.6 is 11.3 Å². The minimum Gasteiger partial charge on any atom is -0.482 e. The highest BCUT2D eigenvalue weighted by molar-refractivity contribution is 7.17. The molecule has 1 unspecified atom stereocenters. The van der Waals surface area contributed by atoms with Crippen molar-refractivity contribution in [3.63, 3.8) is 0 Å². The number of fused-ring (bicyclic) bond motifs is 1. The van der Waals surface area contributed by atoms with Crippen molar-refractivity contribution < 1.29 is 9.13 Å². The zero-order chi connectivity index (χ0) is 15.4. The highest BCUT2D eigenvalue weighted by atomic mass is 32.1. The zero-order valence-corrected chi connectivity index (χ0v) is 13.2. The lowest BCUT2D eigenvalue weighted by Crippen LogP contribution is -2.16. The number of rotatable bonds is 6. The molecule has 0 fully saturated rings. The summed E-state index contributed by atoms with van der Waals surface area (Å²) in [5, 5.41) is 5.93. The van der Waals surface area contributed by atoms with Crippen LogP contribution in [0.15, 0.2) is 53.9 Å². The highest BCUT2D eigenvalue weighted by Gasteiger charge is 2.17. The molecular formula is C18H18FNOS. The monoisotopic (exact) mass is 315 g/mol. The Bertz CT molecular complexity index is 741. The molecule has 0 aliphatic rings. The van der Waals surface area contributed by atoms with E-state index in [1.807, 2.05) is 48.8 Å². The third-order valence-corrected chi connectivity index (χ3v) is 4.51. The van der Waals surface area contributed by atoms with Gasteiger partial charge in [0.15, 0.2) is 11.6 Å².